The molecular formula is C20H17F3N4O2S. The summed E-state index contributed by atoms with van der Waals surface area (Å²) in [7, 11) is -1.47. The van der Waals surface area contributed by atoms with Gasteiger partial charge in [0.1, 0.15) is 11.6 Å². The summed E-state index contributed by atoms with van der Waals surface area (Å²) in [5.41, 5.74) is 2.49. The fourth-order valence-corrected chi connectivity index (χ4v) is 3.83. The molecule has 3 aromatic heterocycles. The van der Waals surface area contributed by atoms with E-state index in [-0.39, 0.29) is 10.9 Å². The zero-order valence-electron chi connectivity index (χ0n) is 16.1. The predicted molar refractivity (Wildman–Crippen MR) is 107 cm³/mol. The first-order valence-electron chi connectivity index (χ1n) is 8.89. The van der Waals surface area contributed by atoms with E-state index in [1.165, 1.54) is 18.5 Å². The lowest BCUT2D eigenvalue weighted by atomic mass is 10.2. The van der Waals surface area contributed by atoms with Crippen LogP contribution in [0.15, 0.2) is 60.1 Å². The first-order valence-corrected chi connectivity index (χ1v) is 10.5. The van der Waals surface area contributed by atoms with Crippen LogP contribution in [-0.4, -0.2) is 42.4 Å². The van der Waals surface area contributed by atoms with Crippen molar-refractivity contribution in [3.8, 4) is 17.3 Å². The molecule has 4 aromatic rings. The van der Waals surface area contributed by atoms with Crippen LogP contribution in [0.25, 0.3) is 22.5 Å². The zero-order valence-corrected chi connectivity index (χ0v) is 16.9. The van der Waals surface area contributed by atoms with E-state index in [0.717, 1.165) is 5.69 Å². The first kappa shape index (κ1) is 20.1. The van der Waals surface area contributed by atoms with Crippen LogP contribution < -0.4 is 4.74 Å². The summed E-state index contributed by atoms with van der Waals surface area (Å²) in [5, 5.41) is 0.248. The number of halogens is 3. The molecule has 0 saturated carbocycles. The van der Waals surface area contributed by atoms with E-state index in [2.05, 4.69) is 9.97 Å². The van der Waals surface area contributed by atoms with Gasteiger partial charge in [-0.2, -0.15) is 13.2 Å². The second-order valence-corrected chi connectivity index (χ2v) is 7.88. The van der Waals surface area contributed by atoms with Gasteiger partial charge < -0.3 is 9.30 Å². The number of ether oxygens (including phenoxy) is 1. The molecule has 1 unspecified atom stereocenters. The van der Waals surface area contributed by atoms with Crippen LogP contribution >= 0.6 is 0 Å². The van der Waals surface area contributed by atoms with Gasteiger partial charge in [0.05, 0.1) is 21.8 Å². The molecule has 6 nitrogen and oxygen atoms in total. The molecule has 0 aliphatic carbocycles. The van der Waals surface area contributed by atoms with Crippen molar-refractivity contribution in [3.05, 3.63) is 60.6 Å². The van der Waals surface area contributed by atoms with E-state index < -0.39 is 23.6 Å². The molecule has 0 spiro atoms. The maximum atomic E-state index is 12.6. The van der Waals surface area contributed by atoms with Crippen LogP contribution in [0.2, 0.25) is 0 Å². The number of fused-ring (bicyclic) bond motifs is 1. The number of benzene rings is 1. The van der Waals surface area contributed by atoms with E-state index in [4.69, 9.17) is 4.74 Å². The third-order valence-corrected chi connectivity index (χ3v) is 5.29. The number of nitrogens with zero attached hydrogens (tertiary/aromatic N) is 4. The molecule has 1 aromatic carbocycles. The van der Waals surface area contributed by atoms with E-state index in [9.17, 15) is 17.4 Å². The van der Waals surface area contributed by atoms with Crippen molar-refractivity contribution in [2.45, 2.75) is 18.3 Å². The number of rotatable bonds is 5. The normalized spacial score (nSPS) is 13.0. The van der Waals surface area contributed by atoms with Crippen molar-refractivity contribution in [2.24, 2.45) is 0 Å². The summed E-state index contributed by atoms with van der Waals surface area (Å²) in [6.45, 7) is 0.200. The van der Waals surface area contributed by atoms with Crippen molar-refractivity contribution in [2.75, 3.05) is 12.9 Å². The fraction of sp³-hybridized carbons (Fsp3) is 0.200. The monoisotopic (exact) mass is 434 g/mol. The quantitative estimate of drug-likeness (QED) is 0.472. The molecule has 0 radical (unpaired) electrons. The molecular weight excluding hydrogens is 417 g/mol. The summed E-state index contributed by atoms with van der Waals surface area (Å²) < 4.78 is 58.6. The summed E-state index contributed by atoms with van der Waals surface area (Å²) >= 11 is 0. The SMILES string of the molecule is Cc1c(OCC(F)(F)F)ccnc1-n1c(S(C)=O)nc2cc(-n3cccc3)ccc21. The Labute approximate surface area is 172 Å². The topological polar surface area (TPSA) is 61.9 Å². The summed E-state index contributed by atoms with van der Waals surface area (Å²) in [6, 6.07) is 10.7. The molecule has 10 heteroatoms. The Morgan fingerprint density at radius 1 is 1.17 bits per heavy atom. The van der Waals surface area contributed by atoms with Crippen LogP contribution in [-0.2, 0) is 10.8 Å². The molecule has 0 bridgehead atoms. The standard InChI is InChI=1S/C20H17F3N4O2S/c1-13-17(29-12-20(21,22)23)7-8-24-18(13)27-16-6-5-14(26-9-3-4-10-26)11-15(16)25-19(27)30(2)28/h3-11H,12H2,1-2H3. The van der Waals surface area contributed by atoms with E-state index >= 15 is 0 Å². The van der Waals surface area contributed by atoms with Crippen LogP contribution in [0, 0.1) is 6.92 Å². The molecule has 0 saturated heterocycles. The van der Waals surface area contributed by atoms with Crippen LogP contribution in [0.5, 0.6) is 5.75 Å². The number of alkyl halides is 3. The zero-order chi connectivity index (χ0) is 21.5. The van der Waals surface area contributed by atoms with E-state index in [1.54, 1.807) is 11.5 Å². The number of pyridine rings is 1. The second kappa shape index (κ2) is 7.60. The summed E-state index contributed by atoms with van der Waals surface area (Å²) in [5.74, 6) is 0.368. The fourth-order valence-electron chi connectivity index (χ4n) is 3.16. The predicted octanol–water partition coefficient (Wildman–Crippen LogP) is 4.20. The highest BCUT2D eigenvalue weighted by molar-refractivity contribution is 7.84. The molecule has 0 N–H and O–H groups in total. The largest absolute Gasteiger partial charge is 0.484 e. The van der Waals surface area contributed by atoms with Gasteiger partial charge in [-0.3, -0.25) is 8.78 Å². The molecule has 156 valence electrons. The van der Waals surface area contributed by atoms with Gasteiger partial charge in [-0.15, -0.1) is 0 Å². The maximum absolute atomic E-state index is 12.6. The molecule has 4 rings (SSSR count). The van der Waals surface area contributed by atoms with Crippen molar-refractivity contribution < 1.29 is 22.1 Å². The van der Waals surface area contributed by atoms with Crippen LogP contribution in [0.3, 0.4) is 0 Å². The molecule has 3 heterocycles. The van der Waals surface area contributed by atoms with Crippen LogP contribution in [0.1, 0.15) is 5.56 Å². The molecule has 0 aliphatic heterocycles. The van der Waals surface area contributed by atoms with Gasteiger partial charge in [-0.05, 0) is 43.3 Å². The lowest BCUT2D eigenvalue weighted by Gasteiger charge is -2.15. The molecule has 1 atom stereocenters. The smallest absolute Gasteiger partial charge is 0.422 e. The highest BCUT2D eigenvalue weighted by Crippen LogP contribution is 2.30. The molecule has 0 aliphatic rings. The van der Waals surface area contributed by atoms with Gasteiger partial charge in [0, 0.05) is 36.1 Å². The van der Waals surface area contributed by atoms with E-state index in [1.807, 2.05) is 47.3 Å². The van der Waals surface area contributed by atoms with Crippen molar-refractivity contribution in [1.82, 2.24) is 19.1 Å². The maximum Gasteiger partial charge on any atom is 0.422 e. The minimum atomic E-state index is -4.46. The average Bonchev–Trinajstić information content (AvgIpc) is 3.34. The van der Waals surface area contributed by atoms with Gasteiger partial charge in [0.15, 0.2) is 6.61 Å². The third-order valence-electron chi connectivity index (χ3n) is 4.50. The number of imidazole rings is 1. The Balaban J connectivity index is 1.86. The third kappa shape index (κ3) is 3.82. The molecule has 0 amide bonds. The lowest BCUT2D eigenvalue weighted by Crippen LogP contribution is -2.20. The van der Waals surface area contributed by atoms with Crippen LogP contribution in [0.4, 0.5) is 13.2 Å². The van der Waals surface area contributed by atoms with Crippen molar-refractivity contribution in [1.29, 1.82) is 0 Å². The first-order chi connectivity index (χ1) is 14.2. The summed E-state index contributed by atoms with van der Waals surface area (Å²) in [6.07, 6.45) is 2.18. The van der Waals surface area contributed by atoms with Gasteiger partial charge in [-0.1, -0.05) is 0 Å². The summed E-state index contributed by atoms with van der Waals surface area (Å²) in [4.78, 5) is 8.82. The minimum Gasteiger partial charge on any atom is -0.484 e. The number of hydrogen-bond acceptors (Lipinski definition) is 4. The lowest BCUT2D eigenvalue weighted by molar-refractivity contribution is -0.153. The second-order valence-electron chi connectivity index (χ2n) is 6.61. The highest BCUT2D eigenvalue weighted by Gasteiger charge is 2.29. The van der Waals surface area contributed by atoms with Gasteiger partial charge in [0.25, 0.3) is 0 Å². The minimum absolute atomic E-state index is 0.0518. The van der Waals surface area contributed by atoms with Crippen molar-refractivity contribution in [3.63, 3.8) is 0 Å². The Bertz CT molecular complexity index is 1230. The Morgan fingerprint density at radius 2 is 1.90 bits per heavy atom. The Morgan fingerprint density at radius 3 is 2.57 bits per heavy atom. The Hall–Kier alpha value is -3.14. The molecule has 30 heavy (non-hydrogen) atoms. The highest BCUT2D eigenvalue weighted by atomic mass is 32.2. The van der Waals surface area contributed by atoms with Gasteiger partial charge >= 0.3 is 6.18 Å². The van der Waals surface area contributed by atoms with Crippen molar-refractivity contribution >= 4 is 21.8 Å². The average molecular weight is 434 g/mol. The van der Waals surface area contributed by atoms with E-state index in [0.29, 0.717) is 22.4 Å². The number of hydrogen-bond donors (Lipinski definition) is 0. The van der Waals surface area contributed by atoms with Gasteiger partial charge in [-0.25, -0.2) is 9.97 Å². The Kier molecular flexibility index (Phi) is 5.10. The molecule has 0 fully saturated rings. The van der Waals surface area contributed by atoms with Gasteiger partial charge in [0.2, 0.25) is 5.16 Å². The number of aromatic nitrogens is 4.